The number of anilines is 2. The van der Waals surface area contributed by atoms with Gasteiger partial charge in [-0.1, -0.05) is 29.5 Å². The smallest absolute Gasteiger partial charge is 0.230 e. The third-order valence-electron chi connectivity index (χ3n) is 3.82. The van der Waals surface area contributed by atoms with Crippen LogP contribution in [0.4, 0.5) is 10.8 Å². The summed E-state index contributed by atoms with van der Waals surface area (Å²) in [5.74, 6) is 7.06. The van der Waals surface area contributed by atoms with Crippen molar-refractivity contribution in [3.8, 4) is 0 Å². The highest BCUT2D eigenvalue weighted by Gasteiger charge is 2.20. The Kier molecular flexibility index (Phi) is 5.28. The number of thioether (sulfide) groups is 1. The number of aromatic nitrogens is 4. The first-order valence-electron chi connectivity index (χ1n) is 7.99. The Morgan fingerprint density at radius 2 is 2.08 bits per heavy atom. The first-order chi connectivity index (χ1) is 12.4. The maximum absolute atomic E-state index is 12.3. The molecule has 0 spiro atoms. The van der Waals surface area contributed by atoms with E-state index in [2.05, 4.69) is 21.2 Å². The van der Waals surface area contributed by atoms with Crippen molar-refractivity contribution in [3.63, 3.8) is 0 Å². The number of rotatable bonds is 5. The summed E-state index contributed by atoms with van der Waals surface area (Å²) < 4.78 is 1.45. The summed E-state index contributed by atoms with van der Waals surface area (Å²) in [5.41, 5.74) is 3.92. The van der Waals surface area contributed by atoms with E-state index in [0.29, 0.717) is 21.9 Å². The molecule has 0 unspecified atom stereocenters. The zero-order chi connectivity index (χ0) is 18.8. The Morgan fingerprint density at radius 3 is 2.69 bits per heavy atom. The van der Waals surface area contributed by atoms with E-state index in [1.165, 1.54) is 27.8 Å². The van der Waals surface area contributed by atoms with E-state index in [4.69, 9.17) is 5.84 Å². The van der Waals surface area contributed by atoms with Crippen LogP contribution in [-0.2, 0) is 10.5 Å². The first-order valence-corrected chi connectivity index (χ1v) is 9.85. The minimum absolute atomic E-state index is 0.0668. The summed E-state index contributed by atoms with van der Waals surface area (Å²) in [5, 5.41) is 11.2. The molecule has 0 bridgehead atoms. The average molecular weight is 389 g/mol. The molecule has 2 N–H and O–H groups in total. The van der Waals surface area contributed by atoms with Crippen LogP contribution in [0.15, 0.2) is 28.7 Å². The van der Waals surface area contributed by atoms with Crippen molar-refractivity contribution in [1.82, 2.24) is 19.9 Å². The average Bonchev–Trinajstić information content (AvgIpc) is 3.16. The Bertz CT molecular complexity index is 949. The molecule has 0 aliphatic carbocycles. The minimum atomic E-state index is -0.0668. The largest absolute Gasteiger partial charge is 0.336 e. The summed E-state index contributed by atoms with van der Waals surface area (Å²) in [6, 6.07) is 6.02. The fourth-order valence-electron chi connectivity index (χ4n) is 2.52. The highest BCUT2D eigenvalue weighted by atomic mass is 32.2. The van der Waals surface area contributed by atoms with Gasteiger partial charge in [-0.15, -0.1) is 21.5 Å². The second-order valence-electron chi connectivity index (χ2n) is 5.95. The summed E-state index contributed by atoms with van der Waals surface area (Å²) in [6.45, 7) is 7.38. The molecule has 3 aromatic rings. The lowest BCUT2D eigenvalue weighted by Gasteiger charge is -2.20. The van der Waals surface area contributed by atoms with Gasteiger partial charge in [0.1, 0.15) is 5.82 Å². The van der Waals surface area contributed by atoms with Gasteiger partial charge in [-0.2, -0.15) is 0 Å². The van der Waals surface area contributed by atoms with E-state index in [1.807, 2.05) is 31.4 Å². The fraction of sp³-hybridized carbons (Fsp3) is 0.294. The molecule has 3 rings (SSSR count). The van der Waals surface area contributed by atoms with Crippen molar-refractivity contribution in [1.29, 1.82) is 0 Å². The van der Waals surface area contributed by atoms with Gasteiger partial charge in [0.25, 0.3) is 0 Å². The molecule has 26 heavy (non-hydrogen) atoms. The molecular weight excluding hydrogens is 368 g/mol. The second-order valence-corrected chi connectivity index (χ2v) is 7.73. The van der Waals surface area contributed by atoms with E-state index in [0.717, 1.165) is 22.5 Å². The van der Waals surface area contributed by atoms with E-state index in [9.17, 15) is 4.79 Å². The standard InChI is InChI=1S/C17H20N6OS2/c1-10-5-6-15(11(2)7-10)22(13(4)24)16-19-14(8-25-16)9-26-17-21-20-12(3)23(17)18/h5-8H,9,18H2,1-4H3. The number of amides is 1. The number of carbonyl (C=O) groups is 1. The lowest BCUT2D eigenvalue weighted by molar-refractivity contribution is -0.115. The second kappa shape index (κ2) is 7.46. The number of thiazole rings is 1. The molecule has 1 aromatic carbocycles. The predicted molar refractivity (Wildman–Crippen MR) is 105 cm³/mol. The quantitative estimate of drug-likeness (QED) is 0.532. The maximum Gasteiger partial charge on any atom is 0.230 e. The number of hydrogen-bond donors (Lipinski definition) is 1. The molecule has 0 aliphatic rings. The Morgan fingerprint density at radius 1 is 1.31 bits per heavy atom. The maximum atomic E-state index is 12.3. The summed E-state index contributed by atoms with van der Waals surface area (Å²) in [6.07, 6.45) is 0. The predicted octanol–water partition coefficient (Wildman–Crippen LogP) is 3.35. The number of nitrogen functional groups attached to an aromatic ring is 1. The third-order valence-corrected chi connectivity index (χ3v) is 5.67. The van der Waals surface area contributed by atoms with Gasteiger partial charge in [-0.05, 0) is 32.4 Å². The molecule has 0 saturated carbocycles. The van der Waals surface area contributed by atoms with Gasteiger partial charge in [0, 0.05) is 18.1 Å². The summed E-state index contributed by atoms with van der Waals surface area (Å²) in [7, 11) is 0. The molecule has 0 radical (unpaired) electrons. The van der Waals surface area contributed by atoms with Gasteiger partial charge in [0.15, 0.2) is 5.13 Å². The summed E-state index contributed by atoms with van der Waals surface area (Å²) in [4.78, 5) is 18.6. The van der Waals surface area contributed by atoms with Crippen LogP contribution in [0.25, 0.3) is 0 Å². The monoisotopic (exact) mass is 388 g/mol. The lowest BCUT2D eigenvalue weighted by atomic mass is 10.1. The molecule has 0 aliphatic heterocycles. The highest BCUT2D eigenvalue weighted by molar-refractivity contribution is 7.98. The molecular formula is C17H20N6OS2. The topological polar surface area (TPSA) is 89.9 Å². The van der Waals surface area contributed by atoms with Crippen molar-refractivity contribution in [2.45, 2.75) is 38.6 Å². The van der Waals surface area contributed by atoms with Crippen molar-refractivity contribution in [3.05, 3.63) is 46.2 Å². The van der Waals surface area contributed by atoms with Gasteiger partial charge in [0.2, 0.25) is 11.1 Å². The van der Waals surface area contributed by atoms with Gasteiger partial charge >= 0.3 is 0 Å². The molecule has 7 nitrogen and oxygen atoms in total. The van der Waals surface area contributed by atoms with E-state index < -0.39 is 0 Å². The Hall–Kier alpha value is -2.39. The first kappa shape index (κ1) is 18.4. The van der Waals surface area contributed by atoms with Gasteiger partial charge in [-0.3, -0.25) is 9.69 Å². The van der Waals surface area contributed by atoms with Gasteiger partial charge in [-0.25, -0.2) is 9.66 Å². The molecule has 2 heterocycles. The summed E-state index contributed by atoms with van der Waals surface area (Å²) >= 11 is 2.91. The number of nitrogens with two attached hydrogens (primary N) is 1. The van der Waals surface area contributed by atoms with Crippen LogP contribution in [-0.4, -0.2) is 25.8 Å². The third kappa shape index (κ3) is 3.73. The minimum Gasteiger partial charge on any atom is -0.336 e. The van der Waals surface area contributed by atoms with Crippen LogP contribution >= 0.6 is 23.1 Å². The van der Waals surface area contributed by atoms with Crippen molar-refractivity contribution in [2.24, 2.45) is 0 Å². The number of aryl methyl sites for hydroxylation is 3. The Labute approximate surface area is 160 Å². The Balaban J connectivity index is 1.81. The van der Waals surface area contributed by atoms with Gasteiger partial charge in [0.05, 0.1) is 11.4 Å². The van der Waals surface area contributed by atoms with E-state index >= 15 is 0 Å². The van der Waals surface area contributed by atoms with E-state index in [1.54, 1.807) is 18.7 Å². The zero-order valence-electron chi connectivity index (χ0n) is 15.1. The normalized spacial score (nSPS) is 10.9. The lowest BCUT2D eigenvalue weighted by Crippen LogP contribution is -2.23. The molecule has 9 heteroatoms. The van der Waals surface area contributed by atoms with Crippen LogP contribution in [0.2, 0.25) is 0 Å². The number of carbonyl (C=O) groups excluding carboxylic acids is 1. The van der Waals surface area contributed by atoms with Crippen LogP contribution in [0.1, 0.15) is 29.6 Å². The number of benzene rings is 1. The zero-order valence-corrected chi connectivity index (χ0v) is 16.7. The van der Waals surface area contributed by atoms with Crippen molar-refractivity contribution < 1.29 is 4.79 Å². The molecule has 2 aromatic heterocycles. The van der Waals surface area contributed by atoms with Crippen molar-refractivity contribution >= 4 is 39.8 Å². The van der Waals surface area contributed by atoms with Crippen LogP contribution < -0.4 is 10.7 Å². The molecule has 0 fully saturated rings. The van der Waals surface area contributed by atoms with Gasteiger partial charge < -0.3 is 5.84 Å². The SMILES string of the molecule is CC(=O)N(c1nc(CSc2nnc(C)n2N)cs1)c1ccc(C)cc1C. The van der Waals surface area contributed by atoms with Crippen LogP contribution in [0.5, 0.6) is 0 Å². The molecule has 0 atom stereocenters. The molecule has 0 saturated heterocycles. The van der Waals surface area contributed by atoms with E-state index in [-0.39, 0.29) is 5.91 Å². The number of nitrogens with zero attached hydrogens (tertiary/aromatic N) is 5. The number of hydrogen-bond acceptors (Lipinski definition) is 7. The molecule has 1 amide bonds. The highest BCUT2D eigenvalue weighted by Crippen LogP contribution is 2.33. The van der Waals surface area contributed by atoms with Crippen molar-refractivity contribution in [2.75, 3.05) is 10.7 Å². The fourth-order valence-corrected chi connectivity index (χ4v) is 4.30. The van der Waals surface area contributed by atoms with Crippen LogP contribution in [0.3, 0.4) is 0 Å². The molecule has 136 valence electrons. The van der Waals surface area contributed by atoms with Crippen LogP contribution in [0, 0.1) is 20.8 Å².